The van der Waals surface area contributed by atoms with E-state index in [0.717, 1.165) is 22.2 Å². The molecule has 0 radical (unpaired) electrons. The molecule has 4 rings (SSSR count). The summed E-state index contributed by atoms with van der Waals surface area (Å²) in [6.45, 7) is 2.45. The lowest BCUT2D eigenvalue weighted by molar-refractivity contribution is 0.0983. The number of nitrogens with zero attached hydrogens (tertiary/aromatic N) is 2. The Balaban J connectivity index is 1.74. The van der Waals surface area contributed by atoms with E-state index in [1.165, 1.54) is 0 Å². The molecule has 0 saturated heterocycles. The van der Waals surface area contributed by atoms with Crippen molar-refractivity contribution in [3.05, 3.63) is 89.5 Å². The summed E-state index contributed by atoms with van der Waals surface area (Å²) in [4.78, 5) is 22.9. The van der Waals surface area contributed by atoms with E-state index >= 15 is 0 Å². The number of fused-ring (bicyclic) bond motifs is 1. The molecule has 28 heavy (non-hydrogen) atoms. The number of H-pyrrole nitrogens is 1. The van der Waals surface area contributed by atoms with Crippen molar-refractivity contribution >= 4 is 22.9 Å². The smallest absolute Gasteiger partial charge is 0.260 e. The fourth-order valence-electron chi connectivity index (χ4n) is 3.14. The minimum atomic E-state index is -0.123. The van der Waals surface area contributed by atoms with Crippen LogP contribution in [0.2, 0.25) is 0 Å². The van der Waals surface area contributed by atoms with Gasteiger partial charge in [0.1, 0.15) is 5.75 Å². The summed E-state index contributed by atoms with van der Waals surface area (Å²) in [7, 11) is 1.61. The maximum Gasteiger partial charge on any atom is 0.260 e. The standard InChI is InChI=1S/C23H21N3O2/c1-16-8-13-20-21(14-16)25-23(24-20)26(15-17-6-4-3-5-7-17)22(27)18-9-11-19(28-2)12-10-18/h3-14H,15H2,1-2H3,(H,24,25). The van der Waals surface area contributed by atoms with Crippen molar-refractivity contribution in [3.8, 4) is 5.75 Å². The number of carbonyl (C=O) groups excluding carboxylic acids is 1. The molecule has 1 heterocycles. The van der Waals surface area contributed by atoms with Crippen molar-refractivity contribution in [1.29, 1.82) is 0 Å². The lowest BCUT2D eigenvalue weighted by Crippen LogP contribution is -2.31. The summed E-state index contributed by atoms with van der Waals surface area (Å²) in [6.07, 6.45) is 0. The third-order valence-electron chi connectivity index (χ3n) is 4.65. The fraction of sp³-hybridized carbons (Fsp3) is 0.130. The van der Waals surface area contributed by atoms with Gasteiger partial charge < -0.3 is 9.72 Å². The van der Waals surface area contributed by atoms with E-state index in [1.807, 2.05) is 55.5 Å². The molecule has 1 aromatic heterocycles. The molecule has 0 aliphatic heterocycles. The van der Waals surface area contributed by atoms with E-state index < -0.39 is 0 Å². The van der Waals surface area contributed by atoms with E-state index in [0.29, 0.717) is 23.8 Å². The lowest BCUT2D eigenvalue weighted by atomic mass is 10.1. The third kappa shape index (κ3) is 3.60. The van der Waals surface area contributed by atoms with Gasteiger partial charge >= 0.3 is 0 Å². The molecule has 5 nitrogen and oxygen atoms in total. The number of nitrogens with one attached hydrogen (secondary N) is 1. The molecule has 140 valence electrons. The van der Waals surface area contributed by atoms with Crippen LogP contribution >= 0.6 is 0 Å². The van der Waals surface area contributed by atoms with Gasteiger partial charge in [-0.25, -0.2) is 4.98 Å². The number of aryl methyl sites for hydroxylation is 1. The third-order valence-corrected chi connectivity index (χ3v) is 4.65. The van der Waals surface area contributed by atoms with Crippen molar-refractivity contribution < 1.29 is 9.53 Å². The maximum atomic E-state index is 13.3. The Morgan fingerprint density at radius 2 is 1.79 bits per heavy atom. The van der Waals surface area contributed by atoms with Gasteiger partial charge in [0.2, 0.25) is 5.95 Å². The molecule has 0 aliphatic rings. The zero-order valence-corrected chi connectivity index (χ0v) is 15.8. The Kier molecular flexibility index (Phi) is 4.81. The van der Waals surface area contributed by atoms with Gasteiger partial charge in [-0.05, 0) is 54.4 Å². The summed E-state index contributed by atoms with van der Waals surface area (Å²) in [6, 6.07) is 23.0. The zero-order valence-electron chi connectivity index (χ0n) is 15.8. The second-order valence-corrected chi connectivity index (χ2v) is 6.69. The highest BCUT2D eigenvalue weighted by molar-refractivity contribution is 6.05. The van der Waals surface area contributed by atoms with E-state index in [2.05, 4.69) is 9.97 Å². The van der Waals surface area contributed by atoms with Crippen LogP contribution in [0.5, 0.6) is 5.75 Å². The Morgan fingerprint density at radius 3 is 2.50 bits per heavy atom. The molecular weight excluding hydrogens is 350 g/mol. The normalized spacial score (nSPS) is 10.8. The summed E-state index contributed by atoms with van der Waals surface area (Å²) < 4.78 is 5.20. The number of carbonyl (C=O) groups is 1. The van der Waals surface area contributed by atoms with E-state index in [-0.39, 0.29) is 5.91 Å². The molecule has 0 unspecified atom stereocenters. The highest BCUT2D eigenvalue weighted by atomic mass is 16.5. The number of methoxy groups -OCH3 is 1. The van der Waals surface area contributed by atoms with Gasteiger partial charge in [0.15, 0.2) is 0 Å². The van der Waals surface area contributed by atoms with Gasteiger partial charge in [-0.2, -0.15) is 0 Å². The van der Waals surface area contributed by atoms with Gasteiger partial charge in [0, 0.05) is 5.56 Å². The summed E-state index contributed by atoms with van der Waals surface area (Å²) in [5.41, 5.74) is 4.49. The number of imidazole rings is 1. The van der Waals surface area contributed by atoms with Crippen molar-refractivity contribution in [2.75, 3.05) is 12.0 Å². The largest absolute Gasteiger partial charge is 0.497 e. The number of ether oxygens (including phenoxy) is 1. The lowest BCUT2D eigenvalue weighted by Gasteiger charge is -2.20. The molecule has 5 heteroatoms. The second kappa shape index (κ2) is 7.56. The number of benzene rings is 3. The molecule has 0 spiro atoms. The first kappa shape index (κ1) is 17.8. The van der Waals surface area contributed by atoms with E-state index in [4.69, 9.17) is 4.74 Å². The molecule has 1 amide bonds. The molecule has 0 atom stereocenters. The predicted molar refractivity (Wildman–Crippen MR) is 111 cm³/mol. The van der Waals surface area contributed by atoms with Crippen molar-refractivity contribution in [3.63, 3.8) is 0 Å². The number of amides is 1. The van der Waals surface area contributed by atoms with Crippen LogP contribution < -0.4 is 9.64 Å². The van der Waals surface area contributed by atoms with Gasteiger partial charge in [-0.1, -0.05) is 36.4 Å². The molecule has 3 aromatic carbocycles. The molecule has 0 saturated carbocycles. The Labute approximate surface area is 163 Å². The van der Waals surface area contributed by atoms with Gasteiger partial charge in [-0.3, -0.25) is 9.69 Å². The predicted octanol–water partition coefficient (Wildman–Crippen LogP) is 4.73. The van der Waals surface area contributed by atoms with Gasteiger partial charge in [0.25, 0.3) is 5.91 Å². The Hall–Kier alpha value is -3.60. The van der Waals surface area contributed by atoms with Crippen molar-refractivity contribution in [2.45, 2.75) is 13.5 Å². The van der Waals surface area contributed by atoms with E-state index in [9.17, 15) is 4.79 Å². The van der Waals surface area contributed by atoms with Crippen LogP contribution in [0.15, 0.2) is 72.8 Å². The van der Waals surface area contributed by atoms with Crippen LogP contribution in [0.1, 0.15) is 21.5 Å². The van der Waals surface area contributed by atoms with Gasteiger partial charge in [-0.15, -0.1) is 0 Å². The molecular formula is C23H21N3O2. The highest BCUT2D eigenvalue weighted by Gasteiger charge is 2.21. The average Bonchev–Trinajstić information content (AvgIpc) is 3.15. The molecule has 0 aliphatic carbocycles. The van der Waals surface area contributed by atoms with Crippen molar-refractivity contribution in [2.24, 2.45) is 0 Å². The van der Waals surface area contributed by atoms with E-state index in [1.54, 1.807) is 36.3 Å². The Morgan fingerprint density at radius 1 is 1.04 bits per heavy atom. The average molecular weight is 371 g/mol. The molecule has 0 bridgehead atoms. The topological polar surface area (TPSA) is 58.2 Å². The van der Waals surface area contributed by atoms with Crippen LogP contribution in [0, 0.1) is 6.92 Å². The molecule has 4 aromatic rings. The second-order valence-electron chi connectivity index (χ2n) is 6.69. The van der Waals surface area contributed by atoms with Gasteiger partial charge in [0.05, 0.1) is 24.7 Å². The molecule has 1 N–H and O–H groups in total. The first-order valence-corrected chi connectivity index (χ1v) is 9.10. The number of aromatic amines is 1. The zero-order chi connectivity index (χ0) is 19.5. The number of anilines is 1. The summed E-state index contributed by atoms with van der Waals surface area (Å²) in [5.74, 6) is 1.12. The number of rotatable bonds is 5. The number of aromatic nitrogens is 2. The molecule has 0 fully saturated rings. The summed E-state index contributed by atoms with van der Waals surface area (Å²) in [5, 5.41) is 0. The summed E-state index contributed by atoms with van der Waals surface area (Å²) >= 11 is 0. The van der Waals surface area contributed by atoms with Crippen LogP contribution in [-0.2, 0) is 6.54 Å². The monoisotopic (exact) mass is 371 g/mol. The number of hydrogen-bond acceptors (Lipinski definition) is 3. The highest BCUT2D eigenvalue weighted by Crippen LogP contribution is 2.23. The minimum Gasteiger partial charge on any atom is -0.497 e. The first-order chi connectivity index (χ1) is 13.6. The van der Waals surface area contributed by atoms with Crippen LogP contribution in [-0.4, -0.2) is 23.0 Å². The van der Waals surface area contributed by atoms with Crippen molar-refractivity contribution in [1.82, 2.24) is 9.97 Å². The minimum absolute atomic E-state index is 0.123. The van der Waals surface area contributed by atoms with Crippen LogP contribution in [0.4, 0.5) is 5.95 Å². The first-order valence-electron chi connectivity index (χ1n) is 9.10. The fourth-order valence-corrected chi connectivity index (χ4v) is 3.14. The quantitative estimate of drug-likeness (QED) is 0.552. The Bertz CT molecular complexity index is 1100. The SMILES string of the molecule is COc1ccc(C(=O)N(Cc2ccccc2)c2nc3ccc(C)cc3[nH]2)cc1. The van der Waals surface area contributed by atoms with Crippen LogP contribution in [0.3, 0.4) is 0 Å². The van der Waals surface area contributed by atoms with Crippen LogP contribution in [0.25, 0.3) is 11.0 Å². The maximum absolute atomic E-state index is 13.3. The number of hydrogen-bond donors (Lipinski definition) is 1.